The van der Waals surface area contributed by atoms with Crippen molar-refractivity contribution >= 4 is 29.3 Å². The molecule has 0 saturated carbocycles. The largest absolute Gasteiger partial charge is 0.416 e. The third-order valence-corrected chi connectivity index (χ3v) is 3.92. The number of rotatable bonds is 5. The summed E-state index contributed by atoms with van der Waals surface area (Å²) in [6.07, 6.45) is -1.83. The first-order chi connectivity index (χ1) is 10.8. The number of alkyl halides is 3. The van der Waals surface area contributed by atoms with Crippen molar-refractivity contribution in [3.05, 3.63) is 35.5 Å². The molecular formula is C14H13F3N2O3S. The van der Waals surface area contributed by atoms with E-state index in [1.807, 2.05) is 0 Å². The molecule has 0 radical (unpaired) electrons. The summed E-state index contributed by atoms with van der Waals surface area (Å²) in [5.41, 5.74) is -0.897. The van der Waals surface area contributed by atoms with Gasteiger partial charge in [0.15, 0.2) is 0 Å². The SMILES string of the molecule is CSc1ccc(C(F)(F)F)cc1NC1=CC(=O)N(CCO)C1=O. The number of aliphatic hydroxyl groups is 1. The molecule has 5 nitrogen and oxygen atoms in total. The highest BCUT2D eigenvalue weighted by Gasteiger charge is 2.33. The summed E-state index contributed by atoms with van der Waals surface area (Å²) in [4.78, 5) is 25.0. The van der Waals surface area contributed by atoms with E-state index in [-0.39, 0.29) is 17.9 Å². The Morgan fingerprint density at radius 1 is 1.30 bits per heavy atom. The molecule has 124 valence electrons. The van der Waals surface area contributed by atoms with Crippen molar-refractivity contribution in [2.24, 2.45) is 0 Å². The Morgan fingerprint density at radius 2 is 2.00 bits per heavy atom. The molecule has 2 rings (SSSR count). The van der Waals surface area contributed by atoms with Crippen LogP contribution in [0.5, 0.6) is 0 Å². The number of nitrogens with one attached hydrogen (secondary N) is 1. The van der Waals surface area contributed by atoms with E-state index in [2.05, 4.69) is 5.32 Å². The summed E-state index contributed by atoms with van der Waals surface area (Å²) in [6.45, 7) is -0.560. The number of amides is 2. The second kappa shape index (κ2) is 6.63. The van der Waals surface area contributed by atoms with Crippen molar-refractivity contribution in [1.29, 1.82) is 0 Å². The monoisotopic (exact) mass is 346 g/mol. The molecule has 1 aliphatic rings. The standard InChI is InChI=1S/C14H13F3N2O3S/c1-23-11-3-2-8(14(15,16)17)6-9(11)18-10-7-12(21)19(4-5-20)13(10)22/h2-3,6-7,18,20H,4-5H2,1H3. The molecule has 1 heterocycles. The number of benzene rings is 1. The number of carbonyl (C=O) groups is 2. The lowest BCUT2D eigenvalue weighted by atomic mass is 10.2. The number of carbonyl (C=O) groups excluding carboxylic acids is 2. The number of nitrogens with zero attached hydrogens (tertiary/aromatic N) is 1. The number of β-amino-alcohol motifs (C(OH)–C–C–N with tert-alkyl or cyclic N) is 1. The van der Waals surface area contributed by atoms with E-state index in [0.717, 1.165) is 23.1 Å². The lowest BCUT2D eigenvalue weighted by Gasteiger charge is -2.16. The number of anilines is 1. The number of aliphatic hydroxyl groups excluding tert-OH is 1. The minimum Gasteiger partial charge on any atom is -0.395 e. The van der Waals surface area contributed by atoms with Gasteiger partial charge in [-0.3, -0.25) is 14.5 Å². The molecule has 0 fully saturated rings. The van der Waals surface area contributed by atoms with Gasteiger partial charge in [-0.05, 0) is 24.5 Å². The fraction of sp³-hybridized carbons (Fsp3) is 0.286. The van der Waals surface area contributed by atoms with Gasteiger partial charge in [-0.2, -0.15) is 13.2 Å². The minimum atomic E-state index is -4.51. The molecule has 1 aromatic rings. The fourth-order valence-electron chi connectivity index (χ4n) is 2.04. The maximum Gasteiger partial charge on any atom is 0.416 e. The van der Waals surface area contributed by atoms with E-state index in [0.29, 0.717) is 4.90 Å². The highest BCUT2D eigenvalue weighted by molar-refractivity contribution is 7.98. The van der Waals surface area contributed by atoms with Crippen LogP contribution in [-0.4, -0.2) is 41.2 Å². The van der Waals surface area contributed by atoms with Gasteiger partial charge in [-0.1, -0.05) is 0 Å². The highest BCUT2D eigenvalue weighted by atomic mass is 32.2. The van der Waals surface area contributed by atoms with Gasteiger partial charge in [0.1, 0.15) is 5.70 Å². The molecule has 0 aromatic heterocycles. The van der Waals surface area contributed by atoms with Crippen LogP contribution >= 0.6 is 11.8 Å². The predicted molar refractivity (Wildman–Crippen MR) is 78.7 cm³/mol. The molecule has 0 saturated heterocycles. The quantitative estimate of drug-likeness (QED) is 0.631. The van der Waals surface area contributed by atoms with E-state index >= 15 is 0 Å². The number of hydrogen-bond acceptors (Lipinski definition) is 5. The van der Waals surface area contributed by atoms with E-state index in [1.165, 1.54) is 17.8 Å². The van der Waals surface area contributed by atoms with Crippen LogP contribution in [0.25, 0.3) is 0 Å². The maximum atomic E-state index is 12.8. The minimum absolute atomic E-state index is 0.0885. The van der Waals surface area contributed by atoms with Crippen molar-refractivity contribution < 1.29 is 27.9 Å². The number of imide groups is 1. The van der Waals surface area contributed by atoms with Gasteiger partial charge in [0.25, 0.3) is 11.8 Å². The number of halogens is 3. The zero-order chi connectivity index (χ0) is 17.2. The summed E-state index contributed by atoms with van der Waals surface area (Å²) in [5.74, 6) is -1.31. The van der Waals surface area contributed by atoms with Crippen LogP contribution in [0.15, 0.2) is 34.9 Å². The Balaban J connectivity index is 2.31. The van der Waals surface area contributed by atoms with Crippen molar-refractivity contribution in [3.8, 4) is 0 Å². The van der Waals surface area contributed by atoms with Crippen LogP contribution < -0.4 is 5.32 Å². The molecule has 0 atom stereocenters. The van der Waals surface area contributed by atoms with Gasteiger partial charge in [-0.25, -0.2) is 0 Å². The molecule has 0 spiro atoms. The molecular weight excluding hydrogens is 333 g/mol. The zero-order valence-corrected chi connectivity index (χ0v) is 12.8. The first kappa shape index (κ1) is 17.4. The number of hydrogen-bond donors (Lipinski definition) is 2. The number of thioether (sulfide) groups is 1. The molecule has 23 heavy (non-hydrogen) atoms. The Kier molecular flexibility index (Phi) is 5.00. The van der Waals surface area contributed by atoms with Gasteiger partial charge in [0, 0.05) is 11.0 Å². The van der Waals surface area contributed by atoms with E-state index in [4.69, 9.17) is 5.11 Å². The van der Waals surface area contributed by atoms with Crippen molar-refractivity contribution in [2.45, 2.75) is 11.1 Å². The zero-order valence-electron chi connectivity index (χ0n) is 12.0. The van der Waals surface area contributed by atoms with E-state index in [9.17, 15) is 22.8 Å². The Hall–Kier alpha value is -2.00. The molecule has 0 bridgehead atoms. The lowest BCUT2D eigenvalue weighted by Crippen LogP contribution is -2.34. The molecule has 9 heteroatoms. The van der Waals surface area contributed by atoms with Gasteiger partial charge >= 0.3 is 6.18 Å². The van der Waals surface area contributed by atoms with E-state index in [1.54, 1.807) is 6.26 Å². The highest BCUT2D eigenvalue weighted by Crippen LogP contribution is 2.35. The van der Waals surface area contributed by atoms with Crippen LogP contribution in [0.2, 0.25) is 0 Å². The van der Waals surface area contributed by atoms with Crippen LogP contribution in [-0.2, 0) is 15.8 Å². The Morgan fingerprint density at radius 3 is 2.57 bits per heavy atom. The molecule has 1 aromatic carbocycles. The van der Waals surface area contributed by atoms with Crippen LogP contribution in [0, 0.1) is 0 Å². The van der Waals surface area contributed by atoms with Gasteiger partial charge in [0.2, 0.25) is 0 Å². The normalized spacial score (nSPS) is 15.2. The van der Waals surface area contributed by atoms with Crippen LogP contribution in [0.4, 0.5) is 18.9 Å². The molecule has 1 aliphatic heterocycles. The predicted octanol–water partition coefficient (Wildman–Crippen LogP) is 2.08. The third-order valence-electron chi connectivity index (χ3n) is 3.13. The van der Waals surface area contributed by atoms with Gasteiger partial charge in [0.05, 0.1) is 24.4 Å². The van der Waals surface area contributed by atoms with Crippen LogP contribution in [0.1, 0.15) is 5.56 Å². The first-order valence-corrected chi connectivity index (χ1v) is 7.71. The summed E-state index contributed by atoms with van der Waals surface area (Å²) in [5, 5.41) is 11.4. The lowest BCUT2D eigenvalue weighted by molar-refractivity contribution is -0.138. The first-order valence-electron chi connectivity index (χ1n) is 6.48. The van der Waals surface area contributed by atoms with Crippen LogP contribution in [0.3, 0.4) is 0 Å². The second-order valence-corrected chi connectivity index (χ2v) is 5.46. The third kappa shape index (κ3) is 3.67. The smallest absolute Gasteiger partial charge is 0.395 e. The van der Waals surface area contributed by atoms with Crippen molar-refractivity contribution in [2.75, 3.05) is 24.7 Å². The molecule has 0 unspecified atom stereocenters. The molecule has 0 aliphatic carbocycles. The molecule has 2 N–H and O–H groups in total. The summed E-state index contributed by atoms with van der Waals surface area (Å²) in [6, 6.07) is 3.13. The summed E-state index contributed by atoms with van der Waals surface area (Å²) < 4.78 is 38.4. The van der Waals surface area contributed by atoms with Crippen molar-refractivity contribution in [1.82, 2.24) is 4.90 Å². The fourth-order valence-corrected chi connectivity index (χ4v) is 2.57. The van der Waals surface area contributed by atoms with E-state index < -0.39 is 30.2 Å². The Bertz CT molecular complexity index is 674. The summed E-state index contributed by atoms with van der Waals surface area (Å²) in [7, 11) is 0. The second-order valence-electron chi connectivity index (χ2n) is 4.61. The average molecular weight is 346 g/mol. The molecule has 2 amide bonds. The Labute approximate surface area is 134 Å². The summed E-state index contributed by atoms with van der Waals surface area (Å²) >= 11 is 1.20. The average Bonchev–Trinajstić information content (AvgIpc) is 2.74. The maximum absolute atomic E-state index is 12.8. The van der Waals surface area contributed by atoms with Crippen molar-refractivity contribution in [3.63, 3.8) is 0 Å². The topological polar surface area (TPSA) is 69.6 Å². The van der Waals surface area contributed by atoms with Gasteiger partial charge in [-0.15, -0.1) is 11.8 Å². The van der Waals surface area contributed by atoms with Gasteiger partial charge < -0.3 is 10.4 Å².